The number of nitrogens with two attached hydrogens (primary N) is 1. The first-order chi connectivity index (χ1) is 12.5. The van der Waals surface area contributed by atoms with Crippen LogP contribution in [-0.2, 0) is 0 Å². The fourth-order valence-electron chi connectivity index (χ4n) is 3.18. The number of nitrogens with zero attached hydrogens (tertiary/aromatic N) is 1. The zero-order valence-corrected chi connectivity index (χ0v) is 15.7. The van der Waals surface area contributed by atoms with Gasteiger partial charge in [0, 0.05) is 18.2 Å². The van der Waals surface area contributed by atoms with Gasteiger partial charge in [0.1, 0.15) is 5.75 Å². The van der Waals surface area contributed by atoms with Gasteiger partial charge in [-0.25, -0.2) is 0 Å². The van der Waals surface area contributed by atoms with Gasteiger partial charge in [-0.1, -0.05) is 0 Å². The molecule has 0 saturated carbocycles. The summed E-state index contributed by atoms with van der Waals surface area (Å²) in [5.41, 5.74) is 6.27. The Hall–Kier alpha value is -2.38. The lowest BCUT2D eigenvalue weighted by molar-refractivity contribution is 0.0748. The van der Waals surface area contributed by atoms with Crippen molar-refractivity contribution in [3.05, 3.63) is 46.8 Å². The van der Waals surface area contributed by atoms with Crippen LogP contribution in [0.3, 0.4) is 0 Å². The van der Waals surface area contributed by atoms with E-state index in [9.17, 15) is 9.59 Å². The summed E-state index contributed by atoms with van der Waals surface area (Å²) in [7, 11) is 1.58. The first kappa shape index (κ1) is 18.4. The highest BCUT2D eigenvalue weighted by atomic mass is 32.1. The molecule has 1 saturated heterocycles. The first-order valence-electron chi connectivity index (χ1n) is 8.58. The van der Waals surface area contributed by atoms with Crippen LogP contribution in [0.4, 0.5) is 5.00 Å². The summed E-state index contributed by atoms with van der Waals surface area (Å²) in [6.45, 7) is 3.34. The van der Waals surface area contributed by atoms with Gasteiger partial charge < -0.3 is 20.7 Å². The molecule has 0 aliphatic carbocycles. The highest BCUT2D eigenvalue weighted by molar-refractivity contribution is 7.18. The van der Waals surface area contributed by atoms with Crippen LogP contribution in [0.15, 0.2) is 36.4 Å². The van der Waals surface area contributed by atoms with Gasteiger partial charge >= 0.3 is 0 Å². The summed E-state index contributed by atoms with van der Waals surface area (Å²) in [6.07, 6.45) is 0.939. The standard InChI is InChI=1S/C19H23N3O3S/c1-12-9-13(10-20)11-22(12)19(24)16-7-8-17(26-16)21-18(23)14-3-5-15(25-2)6-4-14/h3-8,12-13H,9-11,20H2,1-2H3,(H,21,23). The van der Waals surface area contributed by atoms with Crippen LogP contribution < -0.4 is 15.8 Å². The number of amides is 2. The van der Waals surface area contributed by atoms with E-state index in [4.69, 9.17) is 10.5 Å². The van der Waals surface area contributed by atoms with Crippen molar-refractivity contribution in [1.82, 2.24) is 4.90 Å². The second kappa shape index (κ2) is 7.88. The normalized spacial score (nSPS) is 19.4. The van der Waals surface area contributed by atoms with Gasteiger partial charge in [-0.3, -0.25) is 9.59 Å². The molecule has 3 N–H and O–H groups in total. The SMILES string of the molecule is COc1ccc(C(=O)Nc2ccc(C(=O)N3CC(CN)CC3C)s2)cc1. The van der Waals surface area contributed by atoms with Crippen LogP contribution >= 0.6 is 11.3 Å². The number of nitrogens with one attached hydrogen (secondary N) is 1. The van der Waals surface area contributed by atoms with E-state index in [1.807, 2.05) is 11.8 Å². The number of anilines is 1. The van der Waals surface area contributed by atoms with E-state index in [2.05, 4.69) is 5.32 Å². The lowest BCUT2D eigenvalue weighted by Crippen LogP contribution is -2.33. The zero-order valence-electron chi connectivity index (χ0n) is 14.9. The summed E-state index contributed by atoms with van der Waals surface area (Å²) >= 11 is 1.29. The van der Waals surface area contributed by atoms with Crippen molar-refractivity contribution >= 4 is 28.2 Å². The van der Waals surface area contributed by atoms with Gasteiger partial charge in [0.05, 0.1) is 17.0 Å². The van der Waals surface area contributed by atoms with E-state index in [-0.39, 0.29) is 17.9 Å². The van der Waals surface area contributed by atoms with Crippen molar-refractivity contribution in [3.63, 3.8) is 0 Å². The molecule has 0 radical (unpaired) electrons. The lowest BCUT2D eigenvalue weighted by Gasteiger charge is -2.20. The maximum Gasteiger partial charge on any atom is 0.264 e. The molecule has 2 unspecified atom stereocenters. The Labute approximate surface area is 156 Å². The fourth-order valence-corrected chi connectivity index (χ4v) is 4.04. The minimum Gasteiger partial charge on any atom is -0.497 e. The number of benzene rings is 1. The minimum absolute atomic E-state index is 0.00314. The highest BCUT2D eigenvalue weighted by Crippen LogP contribution is 2.29. The van der Waals surface area contributed by atoms with E-state index in [1.54, 1.807) is 43.5 Å². The maximum absolute atomic E-state index is 12.7. The molecule has 1 aromatic heterocycles. The Morgan fingerprint density at radius 3 is 2.62 bits per heavy atom. The number of rotatable bonds is 5. The Kier molecular flexibility index (Phi) is 5.58. The molecule has 0 bridgehead atoms. The summed E-state index contributed by atoms with van der Waals surface area (Å²) in [4.78, 5) is 27.6. The molecular formula is C19H23N3O3S. The Balaban J connectivity index is 1.65. The largest absolute Gasteiger partial charge is 0.497 e. The van der Waals surface area contributed by atoms with Crippen LogP contribution in [0.5, 0.6) is 5.75 Å². The van der Waals surface area contributed by atoms with Gasteiger partial charge in [-0.15, -0.1) is 11.3 Å². The predicted molar refractivity (Wildman–Crippen MR) is 103 cm³/mol. The van der Waals surface area contributed by atoms with Gasteiger partial charge in [0.2, 0.25) is 0 Å². The van der Waals surface area contributed by atoms with Crippen molar-refractivity contribution in [3.8, 4) is 5.75 Å². The Bertz CT molecular complexity index is 788. The average Bonchev–Trinajstić information content (AvgIpc) is 3.27. The van der Waals surface area contributed by atoms with E-state index >= 15 is 0 Å². The third kappa shape index (κ3) is 3.89. The molecule has 1 fully saturated rings. The number of carbonyl (C=O) groups is 2. The first-order valence-corrected chi connectivity index (χ1v) is 9.39. The smallest absolute Gasteiger partial charge is 0.264 e. The summed E-state index contributed by atoms with van der Waals surface area (Å²) in [5.74, 6) is 0.846. The summed E-state index contributed by atoms with van der Waals surface area (Å²) in [6, 6.07) is 10.6. The average molecular weight is 373 g/mol. The quantitative estimate of drug-likeness (QED) is 0.844. The molecule has 2 atom stereocenters. The number of ether oxygens (including phenoxy) is 1. The molecule has 1 aliphatic rings. The summed E-state index contributed by atoms with van der Waals surface area (Å²) < 4.78 is 5.09. The van der Waals surface area contributed by atoms with Gasteiger partial charge in [0.15, 0.2) is 0 Å². The molecule has 3 rings (SSSR count). The van der Waals surface area contributed by atoms with Crippen LogP contribution in [0.25, 0.3) is 0 Å². The molecule has 138 valence electrons. The van der Waals surface area contributed by atoms with E-state index in [0.29, 0.717) is 40.2 Å². The van der Waals surface area contributed by atoms with Gasteiger partial charge in [0.25, 0.3) is 11.8 Å². The molecule has 1 aromatic carbocycles. The van der Waals surface area contributed by atoms with Crippen molar-refractivity contribution < 1.29 is 14.3 Å². The predicted octanol–water partition coefficient (Wildman–Crippen LogP) is 2.82. The van der Waals surface area contributed by atoms with Crippen molar-refractivity contribution in [2.24, 2.45) is 11.7 Å². The number of carbonyl (C=O) groups excluding carboxylic acids is 2. The highest BCUT2D eigenvalue weighted by Gasteiger charge is 2.32. The van der Waals surface area contributed by atoms with Gasteiger partial charge in [-0.2, -0.15) is 0 Å². The third-order valence-corrected chi connectivity index (χ3v) is 5.65. The minimum atomic E-state index is -0.216. The monoisotopic (exact) mass is 373 g/mol. The maximum atomic E-state index is 12.7. The zero-order chi connectivity index (χ0) is 18.7. The molecule has 6 nitrogen and oxygen atoms in total. The number of thiophene rings is 1. The van der Waals surface area contributed by atoms with Gasteiger partial charge in [-0.05, 0) is 62.2 Å². The number of methoxy groups -OCH3 is 1. The number of hydrogen-bond acceptors (Lipinski definition) is 5. The molecule has 2 amide bonds. The number of likely N-dealkylation sites (tertiary alicyclic amines) is 1. The number of hydrogen-bond donors (Lipinski definition) is 2. The molecular weight excluding hydrogens is 350 g/mol. The molecule has 2 heterocycles. The Morgan fingerprint density at radius 2 is 2.00 bits per heavy atom. The second-order valence-electron chi connectivity index (χ2n) is 6.49. The topological polar surface area (TPSA) is 84.7 Å². The Morgan fingerprint density at radius 1 is 1.27 bits per heavy atom. The van der Waals surface area contributed by atoms with Crippen LogP contribution in [0.1, 0.15) is 33.4 Å². The van der Waals surface area contributed by atoms with Crippen molar-refractivity contribution in [1.29, 1.82) is 0 Å². The van der Waals surface area contributed by atoms with Crippen LogP contribution in [0, 0.1) is 5.92 Å². The second-order valence-corrected chi connectivity index (χ2v) is 7.57. The molecule has 1 aliphatic heterocycles. The molecule has 7 heteroatoms. The lowest BCUT2D eigenvalue weighted by atomic mass is 10.1. The van der Waals surface area contributed by atoms with Crippen molar-refractivity contribution in [2.75, 3.05) is 25.5 Å². The van der Waals surface area contributed by atoms with Crippen molar-refractivity contribution in [2.45, 2.75) is 19.4 Å². The fraction of sp³-hybridized carbons (Fsp3) is 0.368. The van der Waals surface area contributed by atoms with Crippen LogP contribution in [0.2, 0.25) is 0 Å². The molecule has 26 heavy (non-hydrogen) atoms. The van der Waals surface area contributed by atoms with E-state index in [1.165, 1.54) is 11.3 Å². The van der Waals surface area contributed by atoms with E-state index in [0.717, 1.165) is 6.42 Å². The van der Waals surface area contributed by atoms with Crippen LogP contribution in [-0.4, -0.2) is 43.0 Å². The van der Waals surface area contributed by atoms with E-state index < -0.39 is 0 Å². The molecule has 2 aromatic rings. The third-order valence-electron chi connectivity index (χ3n) is 4.66. The summed E-state index contributed by atoms with van der Waals surface area (Å²) in [5, 5.41) is 3.49. The molecule has 0 spiro atoms.